The first kappa shape index (κ1) is 15.4. The number of hydrogen-bond donors (Lipinski definition) is 0. The summed E-state index contributed by atoms with van der Waals surface area (Å²) in [7, 11) is -0.0708. The summed E-state index contributed by atoms with van der Waals surface area (Å²) in [5, 5.41) is 0. The number of halogens is 1. The molecule has 1 heterocycles. The first-order valence-corrected chi connectivity index (χ1v) is 8.14. The molecule has 7 heteroatoms. The summed E-state index contributed by atoms with van der Waals surface area (Å²) < 4.78 is 32.4. The Morgan fingerprint density at radius 3 is 2.47 bits per heavy atom. The Morgan fingerprint density at radius 2 is 1.94 bits per heavy atom. The Morgan fingerprint density at radius 1 is 1.35 bits per heavy atom. The molecule has 0 N–H and O–H groups in total. The second-order valence-electron chi connectivity index (χ2n) is 4.30. The van der Waals surface area contributed by atoms with Crippen LogP contribution in [0.25, 0.3) is 0 Å². The van der Waals surface area contributed by atoms with Crippen LogP contribution in [0.1, 0.15) is 19.3 Å². The van der Waals surface area contributed by atoms with Gasteiger partial charge in [-0.05, 0) is 12.8 Å². The Bertz CT molecular complexity index is 318. The predicted octanol–water partition coefficient (Wildman–Crippen LogP) is 1.06. The predicted molar refractivity (Wildman–Crippen MR) is 71.6 cm³/mol. The van der Waals surface area contributed by atoms with Crippen molar-refractivity contribution in [2.45, 2.75) is 24.1 Å². The van der Waals surface area contributed by atoms with Crippen molar-refractivity contribution in [2.75, 3.05) is 40.4 Å². The number of piperidine rings is 1. The van der Waals surface area contributed by atoms with Crippen molar-refractivity contribution in [3.63, 3.8) is 0 Å². The van der Waals surface area contributed by atoms with Gasteiger partial charge in [-0.25, -0.2) is 0 Å². The second kappa shape index (κ2) is 7.04. The molecule has 0 saturated carbocycles. The normalized spacial score (nSPS) is 20.7. The molecule has 1 rings (SSSR count). The van der Waals surface area contributed by atoms with Crippen molar-refractivity contribution in [1.82, 2.24) is 8.61 Å². The fourth-order valence-electron chi connectivity index (χ4n) is 1.90. The summed E-state index contributed by atoms with van der Waals surface area (Å²) in [6.45, 7) is 2.21. The Labute approximate surface area is 112 Å². The minimum Gasteiger partial charge on any atom is -0.383 e. The Balaban J connectivity index is 2.56. The van der Waals surface area contributed by atoms with E-state index >= 15 is 0 Å². The van der Waals surface area contributed by atoms with Crippen LogP contribution in [0, 0.1) is 0 Å². The van der Waals surface area contributed by atoms with Gasteiger partial charge in [-0.15, -0.1) is 0 Å². The zero-order valence-electron chi connectivity index (χ0n) is 10.4. The molecule has 0 bridgehead atoms. The summed E-state index contributed by atoms with van der Waals surface area (Å²) in [6.07, 6.45) is 3.05. The molecular weight excluding hydrogens is 308 g/mol. The minimum absolute atomic E-state index is 0.0251. The number of methoxy groups -OCH3 is 1. The van der Waals surface area contributed by atoms with E-state index in [4.69, 9.17) is 4.74 Å². The molecule has 0 spiro atoms. The highest BCUT2D eigenvalue weighted by Gasteiger charge is 2.29. The number of alkyl halides is 1. The molecule has 1 fully saturated rings. The molecule has 1 atom stereocenters. The highest BCUT2D eigenvalue weighted by atomic mass is 79.9. The number of ether oxygens (including phenoxy) is 1. The van der Waals surface area contributed by atoms with Gasteiger partial charge in [0.25, 0.3) is 10.2 Å². The van der Waals surface area contributed by atoms with E-state index in [1.807, 2.05) is 0 Å². The lowest BCUT2D eigenvalue weighted by Crippen LogP contribution is -2.46. The molecule has 5 nitrogen and oxygen atoms in total. The third-order valence-electron chi connectivity index (χ3n) is 2.84. The van der Waals surface area contributed by atoms with Crippen molar-refractivity contribution in [2.24, 2.45) is 0 Å². The van der Waals surface area contributed by atoms with Gasteiger partial charge in [0.05, 0.1) is 11.4 Å². The first-order valence-electron chi connectivity index (χ1n) is 5.83. The van der Waals surface area contributed by atoms with E-state index in [1.165, 1.54) is 4.31 Å². The molecule has 0 aromatic rings. The van der Waals surface area contributed by atoms with Gasteiger partial charge in [-0.1, -0.05) is 22.4 Å². The Kier molecular flexibility index (Phi) is 6.36. The number of rotatable bonds is 6. The highest BCUT2D eigenvalue weighted by molar-refractivity contribution is 9.09. The van der Waals surface area contributed by atoms with Crippen molar-refractivity contribution in [1.29, 1.82) is 0 Å². The van der Waals surface area contributed by atoms with Crippen LogP contribution >= 0.6 is 15.9 Å². The van der Waals surface area contributed by atoms with Gasteiger partial charge < -0.3 is 4.74 Å². The third kappa shape index (κ3) is 4.48. The van der Waals surface area contributed by atoms with Gasteiger partial charge in [0.2, 0.25) is 0 Å². The van der Waals surface area contributed by atoms with E-state index < -0.39 is 10.2 Å². The molecule has 0 radical (unpaired) electrons. The average Bonchev–Trinajstić information content (AvgIpc) is 2.30. The monoisotopic (exact) mass is 328 g/mol. The molecule has 0 aromatic heterocycles. The second-order valence-corrected chi connectivity index (χ2v) is 7.63. The molecule has 0 aliphatic carbocycles. The van der Waals surface area contributed by atoms with E-state index in [1.54, 1.807) is 18.5 Å². The van der Waals surface area contributed by atoms with E-state index in [9.17, 15) is 8.42 Å². The maximum atomic E-state index is 12.2. The van der Waals surface area contributed by atoms with Crippen LogP contribution in [0.15, 0.2) is 0 Å². The maximum absolute atomic E-state index is 12.2. The number of nitrogens with zero attached hydrogens (tertiary/aromatic N) is 2. The number of hydrogen-bond acceptors (Lipinski definition) is 3. The summed E-state index contributed by atoms with van der Waals surface area (Å²) in [5.74, 6) is 0. The maximum Gasteiger partial charge on any atom is 0.281 e. The van der Waals surface area contributed by atoms with Gasteiger partial charge in [-0.3, -0.25) is 0 Å². The standard InChI is InChI=1S/C10H21BrN2O3S/c1-12(8-10(11)9-16-2)17(14,15)13-6-4-3-5-7-13/h10H,3-9H2,1-2H3. The molecule has 0 aromatic carbocycles. The van der Waals surface area contributed by atoms with Crippen LogP contribution in [-0.4, -0.2) is 62.3 Å². The van der Waals surface area contributed by atoms with Crippen molar-refractivity contribution in [3.05, 3.63) is 0 Å². The van der Waals surface area contributed by atoms with Gasteiger partial charge in [-0.2, -0.15) is 17.0 Å². The largest absolute Gasteiger partial charge is 0.383 e. The first-order chi connectivity index (χ1) is 7.98. The fraction of sp³-hybridized carbons (Fsp3) is 1.00. The quantitative estimate of drug-likeness (QED) is 0.685. The molecule has 1 aliphatic rings. The van der Waals surface area contributed by atoms with Gasteiger partial charge in [0, 0.05) is 33.8 Å². The Hall–Kier alpha value is 0.310. The van der Waals surface area contributed by atoms with Crippen LogP contribution in [-0.2, 0) is 14.9 Å². The smallest absolute Gasteiger partial charge is 0.281 e. The minimum atomic E-state index is -3.29. The van der Waals surface area contributed by atoms with Crippen LogP contribution in [0.3, 0.4) is 0 Å². The molecule has 102 valence electrons. The van der Waals surface area contributed by atoms with Crippen LogP contribution in [0.2, 0.25) is 0 Å². The lowest BCUT2D eigenvalue weighted by atomic mass is 10.2. The van der Waals surface area contributed by atoms with Gasteiger partial charge in [0.1, 0.15) is 0 Å². The molecule has 1 aliphatic heterocycles. The molecule has 1 saturated heterocycles. The third-order valence-corrected chi connectivity index (χ3v) is 5.35. The molecule has 1 unspecified atom stereocenters. The van der Waals surface area contributed by atoms with Crippen molar-refractivity contribution < 1.29 is 13.2 Å². The zero-order valence-corrected chi connectivity index (χ0v) is 12.8. The topological polar surface area (TPSA) is 49.9 Å². The lowest BCUT2D eigenvalue weighted by molar-refractivity contribution is 0.194. The van der Waals surface area contributed by atoms with E-state index in [2.05, 4.69) is 15.9 Å². The summed E-state index contributed by atoms with van der Waals surface area (Å²) in [6, 6.07) is 0. The summed E-state index contributed by atoms with van der Waals surface area (Å²) in [5.41, 5.74) is 0. The fourth-order valence-corrected chi connectivity index (χ4v) is 4.27. The summed E-state index contributed by atoms with van der Waals surface area (Å²) in [4.78, 5) is 0.0251. The van der Waals surface area contributed by atoms with E-state index in [0.29, 0.717) is 26.2 Å². The van der Waals surface area contributed by atoms with Crippen LogP contribution in [0.5, 0.6) is 0 Å². The molecule has 17 heavy (non-hydrogen) atoms. The van der Waals surface area contributed by atoms with Gasteiger partial charge >= 0.3 is 0 Å². The molecular formula is C10H21BrN2O3S. The van der Waals surface area contributed by atoms with E-state index in [-0.39, 0.29) is 4.83 Å². The van der Waals surface area contributed by atoms with Gasteiger partial charge in [0.15, 0.2) is 0 Å². The molecule has 0 amide bonds. The lowest BCUT2D eigenvalue weighted by Gasteiger charge is -2.30. The van der Waals surface area contributed by atoms with Crippen LogP contribution < -0.4 is 0 Å². The summed E-state index contributed by atoms with van der Waals surface area (Å²) >= 11 is 3.41. The van der Waals surface area contributed by atoms with Crippen molar-refractivity contribution >= 4 is 26.1 Å². The van der Waals surface area contributed by atoms with Crippen molar-refractivity contribution in [3.8, 4) is 0 Å². The zero-order chi connectivity index (χ0) is 12.9. The van der Waals surface area contributed by atoms with E-state index in [0.717, 1.165) is 19.3 Å². The van der Waals surface area contributed by atoms with Crippen LogP contribution in [0.4, 0.5) is 0 Å². The highest BCUT2D eigenvalue weighted by Crippen LogP contribution is 2.16. The average molecular weight is 329 g/mol. The SMILES string of the molecule is COCC(Br)CN(C)S(=O)(=O)N1CCCCC1.